The number of hydrogen-bond acceptors (Lipinski definition) is 7. The van der Waals surface area contributed by atoms with Crippen molar-refractivity contribution in [2.75, 3.05) is 6.54 Å². The van der Waals surface area contributed by atoms with Crippen molar-refractivity contribution >= 4 is 11.0 Å². The fourth-order valence-corrected chi connectivity index (χ4v) is 3.71. The van der Waals surface area contributed by atoms with Crippen LogP contribution in [0.2, 0.25) is 0 Å². The molecule has 4 heterocycles. The van der Waals surface area contributed by atoms with Crippen LogP contribution in [0.3, 0.4) is 0 Å². The first-order valence-corrected chi connectivity index (χ1v) is 9.28. The summed E-state index contributed by atoms with van der Waals surface area (Å²) in [5, 5.41) is 4.68. The van der Waals surface area contributed by atoms with Crippen molar-refractivity contribution in [1.29, 1.82) is 0 Å². The van der Waals surface area contributed by atoms with Gasteiger partial charge in [-0.1, -0.05) is 23.4 Å². The Morgan fingerprint density at radius 1 is 1.14 bits per heavy atom. The molecule has 28 heavy (non-hydrogen) atoms. The standard InChI is InChI=1S/C21H18N4O3/c26-19-14(13-27-18-9-2-1-6-15(18)19)12-25-11-5-8-17(25)21-23-20(24-28-21)16-7-3-4-10-22-16/h1-4,6-7,9-10,13,17H,5,8,11-12H2/t17-/m0/s1. The van der Waals surface area contributed by atoms with E-state index in [0.717, 1.165) is 19.4 Å². The zero-order chi connectivity index (χ0) is 18.9. The lowest BCUT2D eigenvalue weighted by atomic mass is 10.1. The van der Waals surface area contributed by atoms with Crippen molar-refractivity contribution < 1.29 is 8.94 Å². The minimum atomic E-state index is -0.0177. The van der Waals surface area contributed by atoms with Gasteiger partial charge in [0.25, 0.3) is 0 Å². The summed E-state index contributed by atoms with van der Waals surface area (Å²) >= 11 is 0. The van der Waals surface area contributed by atoms with Crippen LogP contribution in [0.15, 0.2) is 68.7 Å². The number of fused-ring (bicyclic) bond motifs is 1. The number of para-hydroxylation sites is 1. The van der Waals surface area contributed by atoms with E-state index < -0.39 is 0 Å². The smallest absolute Gasteiger partial charge is 0.244 e. The zero-order valence-corrected chi connectivity index (χ0v) is 15.1. The Labute approximate surface area is 160 Å². The van der Waals surface area contributed by atoms with Gasteiger partial charge in [0.1, 0.15) is 11.3 Å². The maximum absolute atomic E-state index is 12.8. The van der Waals surface area contributed by atoms with Crippen LogP contribution in [-0.4, -0.2) is 26.6 Å². The van der Waals surface area contributed by atoms with Crippen LogP contribution >= 0.6 is 0 Å². The third kappa shape index (κ3) is 2.99. The molecule has 140 valence electrons. The number of aromatic nitrogens is 3. The Balaban J connectivity index is 1.42. The highest BCUT2D eigenvalue weighted by molar-refractivity contribution is 5.76. The van der Waals surface area contributed by atoms with Crippen LogP contribution < -0.4 is 5.43 Å². The van der Waals surface area contributed by atoms with Crippen LogP contribution in [0.1, 0.15) is 30.3 Å². The van der Waals surface area contributed by atoms with Gasteiger partial charge in [0, 0.05) is 18.3 Å². The molecule has 0 radical (unpaired) electrons. The van der Waals surface area contributed by atoms with Crippen molar-refractivity contribution in [3.8, 4) is 11.5 Å². The molecule has 3 aromatic heterocycles. The lowest BCUT2D eigenvalue weighted by Gasteiger charge is -2.20. The predicted octanol–water partition coefficient (Wildman–Crippen LogP) is 3.58. The molecule has 0 N–H and O–H groups in total. The van der Waals surface area contributed by atoms with Crippen LogP contribution in [0.4, 0.5) is 0 Å². The lowest BCUT2D eigenvalue weighted by molar-refractivity contribution is 0.199. The Hall–Kier alpha value is -3.32. The molecule has 1 fully saturated rings. The molecule has 1 aliphatic rings. The van der Waals surface area contributed by atoms with Crippen molar-refractivity contribution in [2.24, 2.45) is 0 Å². The van der Waals surface area contributed by atoms with E-state index in [-0.39, 0.29) is 11.5 Å². The van der Waals surface area contributed by atoms with Crippen LogP contribution in [0.5, 0.6) is 0 Å². The Morgan fingerprint density at radius 3 is 2.93 bits per heavy atom. The van der Waals surface area contributed by atoms with E-state index in [1.807, 2.05) is 30.3 Å². The van der Waals surface area contributed by atoms with Gasteiger partial charge in [-0.15, -0.1) is 0 Å². The highest BCUT2D eigenvalue weighted by Crippen LogP contribution is 2.32. The number of hydrogen-bond donors (Lipinski definition) is 0. The van der Waals surface area contributed by atoms with Crippen molar-refractivity contribution in [3.05, 3.63) is 76.6 Å². The van der Waals surface area contributed by atoms with Gasteiger partial charge in [-0.3, -0.25) is 14.7 Å². The molecular weight excluding hydrogens is 356 g/mol. The second kappa shape index (κ2) is 7.01. The molecule has 1 saturated heterocycles. The molecule has 0 unspecified atom stereocenters. The number of benzene rings is 1. The highest BCUT2D eigenvalue weighted by atomic mass is 16.5. The Kier molecular flexibility index (Phi) is 4.21. The van der Waals surface area contributed by atoms with Crippen LogP contribution in [-0.2, 0) is 6.54 Å². The first-order chi connectivity index (χ1) is 13.8. The topological polar surface area (TPSA) is 85.3 Å². The van der Waals surface area contributed by atoms with Gasteiger partial charge in [0.15, 0.2) is 5.43 Å². The van der Waals surface area contributed by atoms with Crippen molar-refractivity contribution in [1.82, 2.24) is 20.0 Å². The molecule has 0 bridgehead atoms. The van der Waals surface area contributed by atoms with E-state index in [4.69, 9.17) is 8.94 Å². The predicted molar refractivity (Wildman–Crippen MR) is 102 cm³/mol. The van der Waals surface area contributed by atoms with Gasteiger partial charge < -0.3 is 8.94 Å². The zero-order valence-electron chi connectivity index (χ0n) is 15.1. The molecule has 5 rings (SSSR count). The fraction of sp³-hybridized carbons (Fsp3) is 0.238. The Bertz CT molecular complexity index is 1170. The van der Waals surface area contributed by atoms with Crippen molar-refractivity contribution in [3.63, 3.8) is 0 Å². The van der Waals surface area contributed by atoms with E-state index in [9.17, 15) is 4.79 Å². The van der Waals surface area contributed by atoms with Crippen LogP contribution in [0, 0.1) is 0 Å². The van der Waals surface area contributed by atoms with E-state index in [1.54, 1.807) is 24.6 Å². The summed E-state index contributed by atoms with van der Waals surface area (Å²) in [7, 11) is 0. The van der Waals surface area contributed by atoms with Gasteiger partial charge >= 0.3 is 0 Å². The maximum atomic E-state index is 12.8. The molecule has 0 spiro atoms. The lowest BCUT2D eigenvalue weighted by Crippen LogP contribution is -2.26. The molecule has 1 aliphatic heterocycles. The second-order valence-corrected chi connectivity index (χ2v) is 6.89. The van der Waals surface area contributed by atoms with E-state index in [0.29, 0.717) is 40.5 Å². The molecule has 0 amide bonds. The summed E-state index contributed by atoms with van der Waals surface area (Å²) in [5.74, 6) is 1.04. The second-order valence-electron chi connectivity index (χ2n) is 6.89. The number of pyridine rings is 1. The summed E-state index contributed by atoms with van der Waals surface area (Å²) in [6, 6.07) is 12.9. The summed E-state index contributed by atoms with van der Waals surface area (Å²) in [4.78, 5) is 23.8. The normalized spacial score (nSPS) is 17.4. The van der Waals surface area contributed by atoms with E-state index in [1.165, 1.54) is 0 Å². The third-order valence-electron chi connectivity index (χ3n) is 5.11. The number of likely N-dealkylation sites (tertiary alicyclic amines) is 1. The quantitative estimate of drug-likeness (QED) is 0.540. The summed E-state index contributed by atoms with van der Waals surface area (Å²) in [5.41, 5.74) is 1.92. The van der Waals surface area contributed by atoms with Gasteiger partial charge in [-0.25, -0.2) is 0 Å². The summed E-state index contributed by atoms with van der Waals surface area (Å²) in [6.07, 6.45) is 5.17. The molecule has 4 aromatic rings. The van der Waals surface area contributed by atoms with Gasteiger partial charge in [0.2, 0.25) is 11.7 Å². The van der Waals surface area contributed by atoms with Gasteiger partial charge in [-0.2, -0.15) is 4.98 Å². The van der Waals surface area contributed by atoms with Crippen LogP contribution in [0.25, 0.3) is 22.5 Å². The minimum absolute atomic E-state index is 0.00667. The molecule has 0 aliphatic carbocycles. The summed E-state index contributed by atoms with van der Waals surface area (Å²) < 4.78 is 11.2. The SMILES string of the molecule is O=c1c(CN2CCC[C@H]2c2nc(-c3ccccn3)no2)coc2ccccc12. The molecular formula is C21H18N4O3. The average molecular weight is 374 g/mol. The molecule has 1 aromatic carbocycles. The molecule has 0 saturated carbocycles. The van der Waals surface area contributed by atoms with E-state index in [2.05, 4.69) is 20.0 Å². The highest BCUT2D eigenvalue weighted by Gasteiger charge is 2.31. The van der Waals surface area contributed by atoms with E-state index >= 15 is 0 Å². The number of nitrogens with zero attached hydrogens (tertiary/aromatic N) is 4. The largest absolute Gasteiger partial charge is 0.464 e. The fourth-order valence-electron chi connectivity index (χ4n) is 3.71. The first-order valence-electron chi connectivity index (χ1n) is 9.28. The third-order valence-corrected chi connectivity index (χ3v) is 5.11. The maximum Gasteiger partial charge on any atom is 0.244 e. The minimum Gasteiger partial charge on any atom is -0.464 e. The molecule has 7 nitrogen and oxygen atoms in total. The molecule has 7 heteroatoms. The number of rotatable bonds is 4. The monoisotopic (exact) mass is 374 g/mol. The average Bonchev–Trinajstić information content (AvgIpc) is 3.40. The first kappa shape index (κ1) is 16.8. The summed E-state index contributed by atoms with van der Waals surface area (Å²) in [6.45, 7) is 1.34. The molecule has 1 atom stereocenters. The van der Waals surface area contributed by atoms with Gasteiger partial charge in [0.05, 0.1) is 17.7 Å². The Morgan fingerprint density at radius 2 is 2.04 bits per heavy atom. The van der Waals surface area contributed by atoms with Crippen molar-refractivity contribution in [2.45, 2.75) is 25.4 Å². The van der Waals surface area contributed by atoms with Gasteiger partial charge in [-0.05, 0) is 43.7 Å².